The van der Waals surface area contributed by atoms with Crippen molar-refractivity contribution in [2.24, 2.45) is 23.7 Å². The number of carbonyl (C=O) groups excluding carboxylic acids is 1. The maximum Gasteiger partial charge on any atom is 0.228 e. The van der Waals surface area contributed by atoms with E-state index >= 15 is 0 Å². The summed E-state index contributed by atoms with van der Waals surface area (Å²) >= 11 is 0. The van der Waals surface area contributed by atoms with Crippen LogP contribution in [-0.4, -0.2) is 52.7 Å². The predicted molar refractivity (Wildman–Crippen MR) is 117 cm³/mol. The molecule has 1 amide bonds. The third kappa shape index (κ3) is 3.49. The Morgan fingerprint density at radius 2 is 1.71 bits per heavy atom. The smallest absolute Gasteiger partial charge is 0.228 e. The summed E-state index contributed by atoms with van der Waals surface area (Å²) in [7, 11) is 0. The van der Waals surface area contributed by atoms with Crippen LogP contribution in [0.4, 0.5) is 0 Å². The second-order valence-electron chi connectivity index (χ2n) is 9.74. The lowest BCUT2D eigenvalue weighted by Crippen LogP contribution is -2.35. The molecule has 7 unspecified atom stereocenters. The summed E-state index contributed by atoms with van der Waals surface area (Å²) in [5.41, 5.74) is 2.46. The molecule has 2 aromatic rings. The van der Waals surface area contributed by atoms with Gasteiger partial charge in [-0.1, -0.05) is 60.7 Å². The molecule has 3 saturated heterocycles. The van der Waals surface area contributed by atoms with E-state index in [4.69, 9.17) is 4.74 Å². The highest BCUT2D eigenvalue weighted by Crippen LogP contribution is 2.55. The third-order valence-corrected chi connectivity index (χ3v) is 7.85. The van der Waals surface area contributed by atoms with Crippen LogP contribution in [0.2, 0.25) is 0 Å². The van der Waals surface area contributed by atoms with Crippen molar-refractivity contribution in [3.63, 3.8) is 0 Å². The van der Waals surface area contributed by atoms with Gasteiger partial charge < -0.3 is 14.7 Å². The summed E-state index contributed by atoms with van der Waals surface area (Å²) in [6.45, 7) is 3.23. The number of rotatable bonds is 4. The molecule has 3 heterocycles. The van der Waals surface area contributed by atoms with Crippen LogP contribution in [0.3, 0.4) is 0 Å². The highest BCUT2D eigenvalue weighted by molar-refractivity contribution is 5.86. The van der Waals surface area contributed by atoms with Crippen molar-refractivity contribution in [3.8, 4) is 0 Å². The normalized spacial score (nSPS) is 37.0. The van der Waals surface area contributed by atoms with E-state index in [0.29, 0.717) is 43.0 Å². The first-order chi connectivity index (χ1) is 15.2. The molecule has 31 heavy (non-hydrogen) atoms. The molecule has 5 heteroatoms. The molecular formula is C26H30N2O3. The molecule has 2 saturated carbocycles. The lowest BCUT2D eigenvalue weighted by molar-refractivity contribution is -0.136. The van der Waals surface area contributed by atoms with E-state index in [1.54, 1.807) is 0 Å². The van der Waals surface area contributed by atoms with Gasteiger partial charge in [0.25, 0.3) is 0 Å². The molecule has 0 aromatic heterocycles. The first-order valence-electron chi connectivity index (χ1n) is 11.6. The Bertz CT molecular complexity index is 936. The Morgan fingerprint density at radius 3 is 2.45 bits per heavy atom. The molecule has 162 valence electrons. The number of aliphatic hydroxyl groups is 1. The zero-order valence-electron chi connectivity index (χ0n) is 17.7. The lowest BCUT2D eigenvalue weighted by atomic mass is 10.1. The molecule has 3 aliphatic heterocycles. The minimum Gasteiger partial charge on any atom is -0.395 e. The molecular weight excluding hydrogens is 388 g/mol. The number of amides is 1. The van der Waals surface area contributed by atoms with Gasteiger partial charge in [-0.15, -0.1) is 0 Å². The molecule has 0 spiro atoms. The van der Waals surface area contributed by atoms with E-state index in [2.05, 4.69) is 35.2 Å². The number of hydrogen-bond donors (Lipinski definition) is 1. The fourth-order valence-corrected chi connectivity index (χ4v) is 6.03. The van der Waals surface area contributed by atoms with Crippen molar-refractivity contribution >= 4 is 5.91 Å². The van der Waals surface area contributed by atoms with Crippen molar-refractivity contribution in [2.45, 2.75) is 37.7 Å². The summed E-state index contributed by atoms with van der Waals surface area (Å²) in [4.78, 5) is 16.5. The Labute approximate surface area is 183 Å². The zero-order valence-corrected chi connectivity index (χ0v) is 17.7. The van der Waals surface area contributed by atoms with Crippen molar-refractivity contribution in [2.75, 3.05) is 19.8 Å². The Kier molecular flexibility index (Phi) is 4.86. The van der Waals surface area contributed by atoms with Gasteiger partial charge in [0, 0.05) is 30.6 Å². The molecule has 5 fully saturated rings. The summed E-state index contributed by atoms with van der Waals surface area (Å²) in [5.74, 6) is 2.88. The van der Waals surface area contributed by atoms with Crippen LogP contribution >= 0.6 is 0 Å². The summed E-state index contributed by atoms with van der Waals surface area (Å²) < 4.78 is 5.78. The number of ether oxygens (including phenoxy) is 1. The van der Waals surface area contributed by atoms with E-state index < -0.39 is 0 Å². The molecule has 0 bridgehead atoms. The van der Waals surface area contributed by atoms with Crippen LogP contribution in [0.1, 0.15) is 30.2 Å². The molecule has 7 atom stereocenters. The fourth-order valence-electron chi connectivity index (χ4n) is 6.03. The van der Waals surface area contributed by atoms with Gasteiger partial charge in [-0.05, 0) is 36.2 Å². The van der Waals surface area contributed by atoms with Gasteiger partial charge in [0.2, 0.25) is 5.91 Å². The van der Waals surface area contributed by atoms with E-state index in [1.165, 1.54) is 18.5 Å². The largest absolute Gasteiger partial charge is 0.395 e. The topological polar surface area (TPSA) is 53.0 Å². The second kappa shape index (κ2) is 7.73. The summed E-state index contributed by atoms with van der Waals surface area (Å²) in [6.07, 6.45) is 2.30. The Hall–Kier alpha value is -2.21. The number of piperidine rings is 2. The van der Waals surface area contributed by atoms with Crippen molar-refractivity contribution in [1.29, 1.82) is 0 Å². The molecule has 5 nitrogen and oxygen atoms in total. The maximum atomic E-state index is 12.1. The van der Waals surface area contributed by atoms with Gasteiger partial charge in [-0.25, -0.2) is 0 Å². The SMILES string of the molecule is O=C1C2CC2C2COC(c3ccccc3)N12.OCC1C2CC2CN1Cc1ccccc1. The van der Waals surface area contributed by atoms with E-state index in [0.717, 1.165) is 30.4 Å². The molecule has 5 aliphatic rings. The summed E-state index contributed by atoms with van der Waals surface area (Å²) in [5, 5.41) is 9.37. The van der Waals surface area contributed by atoms with Crippen LogP contribution in [0.15, 0.2) is 60.7 Å². The second-order valence-corrected chi connectivity index (χ2v) is 9.74. The predicted octanol–water partition coefficient (Wildman–Crippen LogP) is 3.06. The highest BCUT2D eigenvalue weighted by Gasteiger charge is 2.62. The van der Waals surface area contributed by atoms with E-state index in [-0.39, 0.29) is 6.23 Å². The average molecular weight is 419 g/mol. The highest BCUT2D eigenvalue weighted by atomic mass is 16.5. The van der Waals surface area contributed by atoms with Gasteiger partial charge in [0.05, 0.1) is 19.3 Å². The number of benzene rings is 2. The van der Waals surface area contributed by atoms with Crippen LogP contribution in [0.5, 0.6) is 0 Å². The van der Waals surface area contributed by atoms with Gasteiger partial charge in [0.15, 0.2) is 6.23 Å². The van der Waals surface area contributed by atoms with Crippen molar-refractivity contribution in [3.05, 3.63) is 71.8 Å². The average Bonchev–Trinajstić information content (AvgIpc) is 3.66. The third-order valence-electron chi connectivity index (χ3n) is 7.85. The van der Waals surface area contributed by atoms with E-state index in [1.807, 2.05) is 35.2 Å². The number of aliphatic hydroxyl groups excluding tert-OH is 1. The van der Waals surface area contributed by atoms with Gasteiger partial charge in [0.1, 0.15) is 0 Å². The number of carbonyl (C=O) groups is 1. The van der Waals surface area contributed by atoms with Crippen LogP contribution in [-0.2, 0) is 16.1 Å². The van der Waals surface area contributed by atoms with E-state index in [9.17, 15) is 9.90 Å². The Balaban J connectivity index is 0.000000120. The monoisotopic (exact) mass is 418 g/mol. The number of hydrogen-bond acceptors (Lipinski definition) is 4. The quantitative estimate of drug-likeness (QED) is 0.829. The van der Waals surface area contributed by atoms with Crippen LogP contribution in [0, 0.1) is 23.7 Å². The van der Waals surface area contributed by atoms with Gasteiger partial charge in [-0.2, -0.15) is 0 Å². The van der Waals surface area contributed by atoms with Crippen molar-refractivity contribution < 1.29 is 14.6 Å². The molecule has 7 rings (SSSR count). The Morgan fingerprint density at radius 1 is 0.968 bits per heavy atom. The molecule has 2 aromatic carbocycles. The number of fused-ring (bicyclic) bond motifs is 4. The number of likely N-dealkylation sites (tertiary alicyclic amines) is 1. The fraction of sp³-hybridized carbons (Fsp3) is 0.500. The number of nitrogens with zero attached hydrogens (tertiary/aromatic N) is 2. The molecule has 1 N–H and O–H groups in total. The molecule has 0 radical (unpaired) electrons. The first-order valence-corrected chi connectivity index (χ1v) is 11.6. The minimum absolute atomic E-state index is 0.133. The lowest BCUT2D eigenvalue weighted by Gasteiger charge is -2.25. The standard InChI is InChI=1S/C13H13NO2.C13H17NO/c15-12-10-6-9(10)11-7-16-13(14(11)12)8-4-2-1-3-5-8;15-9-13-12-6-11(12)8-14(13)7-10-4-2-1-3-5-10/h1-5,9-11,13H,6-7H2;1-5,11-13,15H,6-9H2. The van der Waals surface area contributed by atoms with Gasteiger partial charge >= 0.3 is 0 Å². The maximum absolute atomic E-state index is 12.1. The summed E-state index contributed by atoms with van der Waals surface area (Å²) in [6, 6.07) is 21.4. The van der Waals surface area contributed by atoms with Crippen LogP contribution < -0.4 is 0 Å². The minimum atomic E-state index is -0.133. The van der Waals surface area contributed by atoms with Crippen molar-refractivity contribution in [1.82, 2.24) is 9.80 Å². The first kappa shape index (κ1) is 19.5. The van der Waals surface area contributed by atoms with Gasteiger partial charge in [-0.3, -0.25) is 9.69 Å². The van der Waals surface area contributed by atoms with Crippen LogP contribution in [0.25, 0.3) is 0 Å². The zero-order chi connectivity index (χ0) is 20.9. The molecule has 2 aliphatic carbocycles.